The number of nitrogens with one attached hydrogen (secondary N) is 2. The van der Waals surface area contributed by atoms with E-state index in [0.29, 0.717) is 30.2 Å². The van der Waals surface area contributed by atoms with Gasteiger partial charge in [-0.2, -0.15) is 5.10 Å². The third kappa shape index (κ3) is 6.22. The van der Waals surface area contributed by atoms with Crippen LogP contribution in [0.2, 0.25) is 0 Å². The fraction of sp³-hybridized carbons (Fsp3) is 0.280. The highest BCUT2D eigenvalue weighted by Crippen LogP contribution is 2.27. The van der Waals surface area contributed by atoms with Gasteiger partial charge in [-0.15, -0.1) is 0 Å². The number of aryl methyl sites for hydroxylation is 2. The van der Waals surface area contributed by atoms with E-state index in [1.54, 1.807) is 26.4 Å². The van der Waals surface area contributed by atoms with Crippen molar-refractivity contribution in [2.24, 2.45) is 0 Å². The highest BCUT2D eigenvalue weighted by atomic mass is 16.5. The van der Waals surface area contributed by atoms with Gasteiger partial charge in [0, 0.05) is 18.3 Å². The SMILES string of the molecule is COc1ccc(CCNC(=O)Cn2nc(C(=O)Nc3ccc(C)c(C)c3)ccc2=O)cc1OC. The minimum absolute atomic E-state index is 0.0379. The summed E-state index contributed by atoms with van der Waals surface area (Å²) in [7, 11) is 3.13. The molecular weight excluding hydrogens is 436 g/mol. The summed E-state index contributed by atoms with van der Waals surface area (Å²) in [4.78, 5) is 37.1. The lowest BCUT2D eigenvalue weighted by Crippen LogP contribution is -2.35. The Morgan fingerprint density at radius 2 is 1.71 bits per heavy atom. The minimum atomic E-state index is -0.474. The fourth-order valence-corrected chi connectivity index (χ4v) is 3.27. The number of nitrogens with zero attached hydrogens (tertiary/aromatic N) is 2. The highest BCUT2D eigenvalue weighted by Gasteiger charge is 2.13. The Kier molecular flexibility index (Phi) is 8.02. The van der Waals surface area contributed by atoms with Gasteiger partial charge in [-0.25, -0.2) is 4.68 Å². The van der Waals surface area contributed by atoms with Crippen LogP contribution in [-0.4, -0.2) is 42.4 Å². The van der Waals surface area contributed by atoms with Crippen LogP contribution in [0.3, 0.4) is 0 Å². The van der Waals surface area contributed by atoms with E-state index in [1.807, 2.05) is 38.1 Å². The third-order valence-corrected chi connectivity index (χ3v) is 5.34. The molecule has 0 saturated heterocycles. The molecule has 0 unspecified atom stereocenters. The molecule has 2 aromatic carbocycles. The molecule has 0 bridgehead atoms. The molecule has 1 heterocycles. The Hall–Kier alpha value is -4.14. The number of carbonyl (C=O) groups is 2. The lowest BCUT2D eigenvalue weighted by atomic mass is 10.1. The Bertz CT molecular complexity index is 1250. The molecule has 178 valence electrons. The maximum absolute atomic E-state index is 12.6. The quantitative estimate of drug-likeness (QED) is 0.503. The molecule has 0 atom stereocenters. The second-order valence-electron chi connectivity index (χ2n) is 7.76. The largest absolute Gasteiger partial charge is 0.493 e. The Morgan fingerprint density at radius 1 is 0.941 bits per heavy atom. The molecule has 3 rings (SSSR count). The van der Waals surface area contributed by atoms with Crippen molar-refractivity contribution in [2.45, 2.75) is 26.8 Å². The van der Waals surface area contributed by atoms with Crippen LogP contribution >= 0.6 is 0 Å². The van der Waals surface area contributed by atoms with Gasteiger partial charge >= 0.3 is 0 Å². The molecule has 0 saturated carbocycles. The lowest BCUT2D eigenvalue weighted by Gasteiger charge is -2.11. The van der Waals surface area contributed by atoms with Crippen molar-refractivity contribution in [3.05, 3.63) is 81.3 Å². The normalized spacial score (nSPS) is 10.5. The topological polar surface area (TPSA) is 112 Å². The average molecular weight is 465 g/mol. The summed E-state index contributed by atoms with van der Waals surface area (Å²) in [5, 5.41) is 9.58. The van der Waals surface area contributed by atoms with Gasteiger partial charge in [0.1, 0.15) is 12.2 Å². The number of hydrogen-bond donors (Lipinski definition) is 2. The molecule has 0 aliphatic rings. The lowest BCUT2D eigenvalue weighted by molar-refractivity contribution is -0.121. The van der Waals surface area contributed by atoms with Crippen LogP contribution in [0.1, 0.15) is 27.2 Å². The zero-order chi connectivity index (χ0) is 24.7. The van der Waals surface area contributed by atoms with Crippen molar-refractivity contribution >= 4 is 17.5 Å². The van der Waals surface area contributed by atoms with E-state index < -0.39 is 11.5 Å². The van der Waals surface area contributed by atoms with Crippen molar-refractivity contribution in [1.82, 2.24) is 15.1 Å². The minimum Gasteiger partial charge on any atom is -0.493 e. The number of rotatable bonds is 9. The van der Waals surface area contributed by atoms with Crippen LogP contribution in [0.5, 0.6) is 11.5 Å². The van der Waals surface area contributed by atoms with E-state index in [0.717, 1.165) is 21.4 Å². The molecule has 0 aliphatic carbocycles. The Labute approximate surface area is 197 Å². The zero-order valence-electron chi connectivity index (χ0n) is 19.7. The van der Waals surface area contributed by atoms with Gasteiger partial charge in [0.25, 0.3) is 11.5 Å². The number of anilines is 1. The first-order chi connectivity index (χ1) is 16.3. The third-order valence-electron chi connectivity index (χ3n) is 5.34. The second kappa shape index (κ2) is 11.1. The molecule has 0 aliphatic heterocycles. The predicted octanol–water partition coefficient (Wildman–Crippen LogP) is 2.49. The van der Waals surface area contributed by atoms with Gasteiger partial charge in [-0.05, 0) is 67.3 Å². The molecule has 0 fully saturated rings. The van der Waals surface area contributed by atoms with Gasteiger partial charge in [-0.3, -0.25) is 14.4 Å². The van der Waals surface area contributed by atoms with Crippen LogP contribution in [0.15, 0.2) is 53.3 Å². The smallest absolute Gasteiger partial charge is 0.276 e. The highest BCUT2D eigenvalue weighted by molar-refractivity contribution is 6.02. The van der Waals surface area contributed by atoms with E-state index in [9.17, 15) is 14.4 Å². The Morgan fingerprint density at radius 3 is 2.41 bits per heavy atom. The number of aromatic nitrogens is 2. The van der Waals surface area contributed by atoms with Gasteiger partial charge < -0.3 is 20.1 Å². The molecule has 3 aromatic rings. The van der Waals surface area contributed by atoms with E-state index in [4.69, 9.17) is 9.47 Å². The van der Waals surface area contributed by atoms with Crippen LogP contribution in [-0.2, 0) is 17.8 Å². The fourth-order valence-electron chi connectivity index (χ4n) is 3.27. The van der Waals surface area contributed by atoms with Crippen molar-refractivity contribution in [3.8, 4) is 11.5 Å². The first kappa shape index (κ1) is 24.5. The summed E-state index contributed by atoms with van der Waals surface area (Å²) in [6.45, 7) is 4.00. The number of ether oxygens (including phenoxy) is 2. The number of carbonyl (C=O) groups excluding carboxylic acids is 2. The average Bonchev–Trinajstić information content (AvgIpc) is 2.82. The molecule has 2 amide bonds. The van der Waals surface area contributed by atoms with E-state index >= 15 is 0 Å². The summed E-state index contributed by atoms with van der Waals surface area (Å²) >= 11 is 0. The molecular formula is C25H28N4O5. The summed E-state index contributed by atoms with van der Waals surface area (Å²) in [5.74, 6) is 0.382. The van der Waals surface area contributed by atoms with E-state index in [-0.39, 0.29) is 18.1 Å². The van der Waals surface area contributed by atoms with Crippen LogP contribution in [0.25, 0.3) is 0 Å². The zero-order valence-corrected chi connectivity index (χ0v) is 19.7. The molecule has 1 aromatic heterocycles. The summed E-state index contributed by atoms with van der Waals surface area (Å²) < 4.78 is 11.5. The predicted molar refractivity (Wildman–Crippen MR) is 129 cm³/mol. The van der Waals surface area contributed by atoms with Gasteiger partial charge in [-0.1, -0.05) is 12.1 Å². The van der Waals surface area contributed by atoms with E-state index in [2.05, 4.69) is 15.7 Å². The molecule has 0 spiro atoms. The monoisotopic (exact) mass is 464 g/mol. The first-order valence-electron chi connectivity index (χ1n) is 10.7. The summed E-state index contributed by atoms with van der Waals surface area (Å²) in [6.07, 6.45) is 0.562. The van der Waals surface area contributed by atoms with Crippen LogP contribution in [0, 0.1) is 13.8 Å². The summed E-state index contributed by atoms with van der Waals surface area (Å²) in [5.41, 5.74) is 3.30. The van der Waals surface area contributed by atoms with Crippen LogP contribution < -0.4 is 25.7 Å². The van der Waals surface area contributed by atoms with Crippen molar-refractivity contribution < 1.29 is 19.1 Å². The summed E-state index contributed by atoms with van der Waals surface area (Å²) in [6, 6.07) is 13.6. The Balaban J connectivity index is 1.59. The number of amides is 2. The maximum Gasteiger partial charge on any atom is 0.276 e. The van der Waals surface area contributed by atoms with E-state index in [1.165, 1.54) is 12.1 Å². The first-order valence-corrected chi connectivity index (χ1v) is 10.7. The van der Waals surface area contributed by atoms with Crippen molar-refractivity contribution in [2.75, 3.05) is 26.1 Å². The van der Waals surface area contributed by atoms with Crippen LogP contribution in [0.4, 0.5) is 5.69 Å². The number of hydrogen-bond acceptors (Lipinski definition) is 6. The van der Waals surface area contributed by atoms with Gasteiger partial charge in [0.05, 0.1) is 14.2 Å². The molecule has 9 nitrogen and oxygen atoms in total. The molecule has 9 heteroatoms. The standard InChI is InChI=1S/C25H28N4O5/c1-16-5-7-19(13-17(16)2)27-25(32)20-8-10-24(31)29(28-20)15-23(30)26-12-11-18-6-9-21(33-3)22(14-18)34-4/h5-10,13-14H,11-12,15H2,1-4H3,(H,26,30)(H,27,32). The van der Waals surface area contributed by atoms with Gasteiger partial charge in [0.2, 0.25) is 5.91 Å². The number of benzene rings is 2. The number of methoxy groups -OCH3 is 2. The van der Waals surface area contributed by atoms with Crippen molar-refractivity contribution in [1.29, 1.82) is 0 Å². The van der Waals surface area contributed by atoms with Crippen molar-refractivity contribution in [3.63, 3.8) is 0 Å². The second-order valence-corrected chi connectivity index (χ2v) is 7.76. The maximum atomic E-state index is 12.6. The van der Waals surface area contributed by atoms with Gasteiger partial charge in [0.15, 0.2) is 11.5 Å². The molecule has 0 radical (unpaired) electrons. The molecule has 2 N–H and O–H groups in total. The molecule has 34 heavy (non-hydrogen) atoms.